The third kappa shape index (κ3) is 4.44. The molecule has 1 aliphatic rings. The van der Waals surface area contributed by atoms with Gasteiger partial charge in [0.25, 0.3) is 0 Å². The third-order valence-electron chi connectivity index (χ3n) is 4.47. The first-order chi connectivity index (χ1) is 14.1. The Balaban J connectivity index is 1.60. The lowest BCUT2D eigenvalue weighted by Gasteiger charge is -2.13. The van der Waals surface area contributed by atoms with Crippen LogP contribution in [0.4, 0.5) is 4.79 Å². The van der Waals surface area contributed by atoms with Crippen LogP contribution in [0.15, 0.2) is 59.8 Å². The molecule has 0 unspecified atom stereocenters. The molecule has 0 spiro atoms. The molecule has 9 heteroatoms. The Kier molecular flexibility index (Phi) is 5.82. The molecule has 0 aliphatic carbocycles. The molecular formula is C20H18ClN5O2S. The maximum absolute atomic E-state index is 12.4. The van der Waals surface area contributed by atoms with E-state index in [2.05, 4.69) is 15.5 Å². The number of urea groups is 1. The van der Waals surface area contributed by atoms with E-state index in [4.69, 9.17) is 11.6 Å². The molecule has 3 aromatic rings. The minimum absolute atomic E-state index is 0.102. The molecule has 2 aromatic carbocycles. The molecule has 0 bridgehead atoms. The number of nitrogens with zero attached hydrogens (tertiary/aromatic N) is 4. The van der Waals surface area contributed by atoms with E-state index >= 15 is 0 Å². The Morgan fingerprint density at radius 1 is 1.10 bits per heavy atom. The van der Waals surface area contributed by atoms with Gasteiger partial charge >= 0.3 is 6.03 Å². The van der Waals surface area contributed by atoms with Crippen molar-refractivity contribution in [2.24, 2.45) is 0 Å². The number of rotatable bonds is 6. The Morgan fingerprint density at radius 3 is 2.55 bits per heavy atom. The summed E-state index contributed by atoms with van der Waals surface area (Å²) in [7, 11) is 0. The smallest absolute Gasteiger partial charge is 0.324 e. The second kappa shape index (κ2) is 8.67. The molecule has 1 aliphatic heterocycles. The number of imide groups is 1. The highest BCUT2D eigenvalue weighted by Gasteiger charge is 2.26. The van der Waals surface area contributed by atoms with Gasteiger partial charge in [-0.1, -0.05) is 53.7 Å². The number of aromatic nitrogens is 3. The molecule has 1 fully saturated rings. The minimum Gasteiger partial charge on any atom is -0.336 e. The van der Waals surface area contributed by atoms with E-state index in [1.54, 1.807) is 12.1 Å². The van der Waals surface area contributed by atoms with Crippen LogP contribution >= 0.6 is 23.4 Å². The van der Waals surface area contributed by atoms with Crippen molar-refractivity contribution in [2.45, 2.75) is 11.6 Å². The normalized spacial score (nSPS) is 13.6. The van der Waals surface area contributed by atoms with Crippen molar-refractivity contribution >= 4 is 35.3 Å². The average molecular weight is 428 g/mol. The first-order valence-corrected chi connectivity index (χ1v) is 10.4. The second-order valence-electron chi connectivity index (χ2n) is 6.44. The number of carbonyl (C=O) groups excluding carboxylic acids is 2. The van der Waals surface area contributed by atoms with E-state index in [0.717, 1.165) is 17.1 Å². The quantitative estimate of drug-likeness (QED) is 0.611. The van der Waals surface area contributed by atoms with E-state index < -0.39 is 0 Å². The number of thioether (sulfide) groups is 1. The fourth-order valence-corrected chi connectivity index (χ4v) is 4.02. The molecule has 148 valence electrons. The van der Waals surface area contributed by atoms with Crippen molar-refractivity contribution in [3.05, 3.63) is 71.0 Å². The first kappa shape index (κ1) is 19.5. The molecule has 4 rings (SSSR count). The number of hydrogen-bond donors (Lipinski definition) is 1. The predicted molar refractivity (Wildman–Crippen MR) is 111 cm³/mol. The maximum atomic E-state index is 12.4. The summed E-state index contributed by atoms with van der Waals surface area (Å²) in [5.74, 6) is 0.609. The van der Waals surface area contributed by atoms with Crippen LogP contribution in [0.2, 0.25) is 5.02 Å². The largest absolute Gasteiger partial charge is 0.336 e. The highest BCUT2D eigenvalue weighted by Crippen LogP contribution is 2.25. The summed E-state index contributed by atoms with van der Waals surface area (Å²) in [6.45, 7) is 0.874. The fourth-order valence-electron chi connectivity index (χ4n) is 3.05. The van der Waals surface area contributed by atoms with Crippen LogP contribution in [0.5, 0.6) is 0 Å². The minimum atomic E-state index is -0.348. The number of benzene rings is 2. The zero-order valence-electron chi connectivity index (χ0n) is 15.4. The van der Waals surface area contributed by atoms with Gasteiger partial charge in [0.1, 0.15) is 5.82 Å². The SMILES string of the molecule is O=C(CSc1nnc(Cc2ccccc2)n1-c1ccc(Cl)cc1)N1CCNC1=O. The van der Waals surface area contributed by atoms with Crippen LogP contribution in [-0.2, 0) is 11.2 Å². The number of halogens is 1. The molecular weight excluding hydrogens is 410 g/mol. The lowest BCUT2D eigenvalue weighted by molar-refractivity contribution is -0.124. The molecule has 2 heterocycles. The number of hydrogen-bond acceptors (Lipinski definition) is 5. The molecule has 0 radical (unpaired) electrons. The van der Waals surface area contributed by atoms with Crippen molar-refractivity contribution in [2.75, 3.05) is 18.8 Å². The summed E-state index contributed by atoms with van der Waals surface area (Å²) in [5.41, 5.74) is 1.97. The second-order valence-corrected chi connectivity index (χ2v) is 7.82. The van der Waals surface area contributed by atoms with Gasteiger partial charge in [0.15, 0.2) is 5.16 Å². The number of carbonyl (C=O) groups is 2. The van der Waals surface area contributed by atoms with Gasteiger partial charge in [0.05, 0.1) is 5.75 Å². The first-order valence-electron chi connectivity index (χ1n) is 9.07. The average Bonchev–Trinajstić information content (AvgIpc) is 3.34. The molecule has 1 N–H and O–H groups in total. The van der Waals surface area contributed by atoms with Crippen molar-refractivity contribution in [1.82, 2.24) is 25.0 Å². The van der Waals surface area contributed by atoms with Crippen LogP contribution in [0.1, 0.15) is 11.4 Å². The van der Waals surface area contributed by atoms with Crippen molar-refractivity contribution in [1.29, 1.82) is 0 Å². The van der Waals surface area contributed by atoms with Gasteiger partial charge in [-0.2, -0.15) is 0 Å². The van der Waals surface area contributed by atoms with Gasteiger partial charge < -0.3 is 5.32 Å². The third-order valence-corrected chi connectivity index (χ3v) is 5.64. The fraction of sp³-hybridized carbons (Fsp3) is 0.200. The lowest BCUT2D eigenvalue weighted by Crippen LogP contribution is -2.35. The molecule has 0 saturated carbocycles. The highest BCUT2D eigenvalue weighted by atomic mass is 35.5. The molecule has 1 aromatic heterocycles. The summed E-state index contributed by atoms with van der Waals surface area (Å²) in [5, 5.41) is 12.5. The molecule has 1 saturated heterocycles. The predicted octanol–water partition coefficient (Wildman–Crippen LogP) is 3.16. The van der Waals surface area contributed by atoms with E-state index in [9.17, 15) is 9.59 Å². The van der Waals surface area contributed by atoms with Crippen molar-refractivity contribution in [3.63, 3.8) is 0 Å². The summed E-state index contributed by atoms with van der Waals surface area (Å²) in [4.78, 5) is 25.3. The van der Waals surface area contributed by atoms with Crippen LogP contribution in [0.25, 0.3) is 5.69 Å². The van der Waals surface area contributed by atoms with E-state index in [0.29, 0.717) is 29.7 Å². The van der Waals surface area contributed by atoms with Crippen molar-refractivity contribution in [3.8, 4) is 5.69 Å². The summed E-state index contributed by atoms with van der Waals surface area (Å²) >= 11 is 7.30. The van der Waals surface area contributed by atoms with E-state index in [1.165, 1.54) is 16.7 Å². The highest BCUT2D eigenvalue weighted by molar-refractivity contribution is 7.99. The maximum Gasteiger partial charge on any atom is 0.324 e. The summed E-state index contributed by atoms with van der Waals surface area (Å²) in [6.07, 6.45) is 0.597. The van der Waals surface area contributed by atoms with Gasteiger partial charge in [-0.3, -0.25) is 14.3 Å². The number of nitrogens with one attached hydrogen (secondary N) is 1. The standard InChI is InChI=1S/C20H18ClN5O2S/c21-15-6-8-16(9-7-15)26-17(12-14-4-2-1-3-5-14)23-24-20(26)29-13-18(27)25-11-10-22-19(25)28/h1-9H,10-13H2,(H,22,28). The van der Waals surface area contributed by atoms with Gasteiger partial charge in [-0.15, -0.1) is 10.2 Å². The van der Waals surface area contributed by atoms with Crippen LogP contribution in [-0.4, -0.2) is 50.4 Å². The van der Waals surface area contributed by atoms with Crippen LogP contribution in [0, 0.1) is 0 Å². The van der Waals surface area contributed by atoms with Crippen LogP contribution < -0.4 is 5.32 Å². The molecule has 29 heavy (non-hydrogen) atoms. The zero-order valence-corrected chi connectivity index (χ0v) is 17.0. The summed E-state index contributed by atoms with van der Waals surface area (Å²) in [6, 6.07) is 17.0. The monoisotopic (exact) mass is 427 g/mol. The summed E-state index contributed by atoms with van der Waals surface area (Å²) < 4.78 is 1.92. The van der Waals surface area contributed by atoms with Crippen LogP contribution in [0.3, 0.4) is 0 Å². The van der Waals surface area contributed by atoms with Crippen molar-refractivity contribution < 1.29 is 9.59 Å². The molecule has 0 atom stereocenters. The number of amides is 3. The lowest BCUT2D eigenvalue weighted by atomic mass is 10.1. The Bertz CT molecular complexity index is 1020. The Morgan fingerprint density at radius 2 is 1.86 bits per heavy atom. The Labute approximate surface area is 177 Å². The topological polar surface area (TPSA) is 80.1 Å². The Hall–Kier alpha value is -2.84. The van der Waals surface area contributed by atoms with E-state index in [-0.39, 0.29) is 17.7 Å². The van der Waals surface area contributed by atoms with Gasteiger partial charge in [0, 0.05) is 30.2 Å². The van der Waals surface area contributed by atoms with E-state index in [1.807, 2.05) is 47.0 Å². The zero-order chi connectivity index (χ0) is 20.2. The van der Waals surface area contributed by atoms with Gasteiger partial charge in [-0.25, -0.2) is 4.79 Å². The molecule has 7 nitrogen and oxygen atoms in total. The van der Waals surface area contributed by atoms with Gasteiger partial charge in [0.2, 0.25) is 5.91 Å². The molecule has 3 amide bonds. The van der Waals surface area contributed by atoms with Gasteiger partial charge in [-0.05, 0) is 29.8 Å².